The predicted molar refractivity (Wildman–Crippen MR) is 85.9 cm³/mol. The monoisotopic (exact) mass is 592 g/mol. The Balaban J connectivity index is -0.000000190. The third kappa shape index (κ3) is 24.3. The van der Waals surface area contributed by atoms with Gasteiger partial charge in [-0.3, -0.25) is 4.39 Å². The van der Waals surface area contributed by atoms with E-state index in [1.54, 1.807) is 0 Å². The average molecular weight is 592 g/mol. The van der Waals surface area contributed by atoms with Crippen molar-refractivity contribution in [2.45, 2.75) is 95.1 Å². The third-order valence-electron chi connectivity index (χ3n) is 2.92. The summed E-state index contributed by atoms with van der Waals surface area (Å²) in [5.41, 5.74) is 0. The summed E-state index contributed by atoms with van der Waals surface area (Å²) >= 11 is 0. The first kappa shape index (κ1) is 41.7. The molecule has 0 bridgehead atoms. The SMILES string of the molecule is CC(F)(F)C(F)C(F)F.CC(F)C(F)(F)C(F)F.FC(F)CCC(F)(F)F.FCCC(F)(F)C(F)F. The smallest absolute Gasteiger partial charge is 0.251 e. The van der Waals surface area contributed by atoms with E-state index in [9.17, 15) is 87.8 Å². The van der Waals surface area contributed by atoms with Crippen molar-refractivity contribution in [3.63, 3.8) is 0 Å². The molecule has 20 heteroatoms. The van der Waals surface area contributed by atoms with E-state index in [2.05, 4.69) is 0 Å². The molecule has 0 heterocycles. The summed E-state index contributed by atoms with van der Waals surface area (Å²) < 4.78 is 225. The summed E-state index contributed by atoms with van der Waals surface area (Å²) in [6.07, 6.45) is -28.6. The van der Waals surface area contributed by atoms with Crippen LogP contribution in [0.15, 0.2) is 0 Å². The number of halogens is 20. The van der Waals surface area contributed by atoms with Gasteiger partial charge in [0.2, 0.25) is 12.6 Å². The van der Waals surface area contributed by atoms with Crippen molar-refractivity contribution in [2.24, 2.45) is 0 Å². The van der Waals surface area contributed by atoms with Crippen LogP contribution in [0.4, 0.5) is 87.8 Å². The number of hydrogen-bond donors (Lipinski definition) is 0. The lowest BCUT2D eigenvalue weighted by Gasteiger charge is -2.15. The second-order valence-corrected chi connectivity index (χ2v) is 6.33. The van der Waals surface area contributed by atoms with Crippen LogP contribution in [0.1, 0.15) is 33.1 Å². The third-order valence-corrected chi connectivity index (χ3v) is 2.92. The van der Waals surface area contributed by atoms with Gasteiger partial charge in [-0.05, 0) is 6.92 Å². The maximum atomic E-state index is 11.6. The molecule has 0 saturated heterocycles. The largest absolute Gasteiger partial charge is 0.389 e. The van der Waals surface area contributed by atoms with Gasteiger partial charge in [0.1, 0.15) is 0 Å². The second kappa shape index (κ2) is 18.0. The summed E-state index contributed by atoms with van der Waals surface area (Å²) in [5.74, 6) is -12.6. The molecule has 0 aliphatic carbocycles. The fourth-order valence-electron chi connectivity index (χ4n) is 0.903. The maximum absolute atomic E-state index is 11.6. The van der Waals surface area contributed by atoms with E-state index in [4.69, 9.17) is 0 Å². The molecule has 0 radical (unpaired) electrons. The first-order valence-electron chi connectivity index (χ1n) is 8.83. The van der Waals surface area contributed by atoms with E-state index in [0.29, 0.717) is 6.92 Å². The van der Waals surface area contributed by atoms with Crippen molar-refractivity contribution in [3.05, 3.63) is 0 Å². The molecule has 0 rings (SSSR count). The second-order valence-electron chi connectivity index (χ2n) is 6.33. The minimum Gasteiger partial charge on any atom is -0.251 e. The molecule has 2 unspecified atom stereocenters. The molecule has 0 saturated carbocycles. The Bertz CT molecular complexity index is 497. The Morgan fingerprint density at radius 3 is 1.06 bits per heavy atom. The zero-order valence-corrected chi connectivity index (χ0v) is 17.9. The van der Waals surface area contributed by atoms with Crippen LogP contribution in [0, 0.1) is 0 Å². The van der Waals surface area contributed by atoms with Gasteiger partial charge in [-0.15, -0.1) is 0 Å². The Labute approximate surface area is 191 Å². The highest BCUT2D eigenvalue weighted by Gasteiger charge is 2.47. The molecule has 2 atom stereocenters. The maximum Gasteiger partial charge on any atom is 0.389 e. The molecule has 0 fully saturated rings. The van der Waals surface area contributed by atoms with E-state index in [0.717, 1.165) is 0 Å². The fourth-order valence-corrected chi connectivity index (χ4v) is 0.903. The van der Waals surface area contributed by atoms with Gasteiger partial charge in [-0.1, -0.05) is 0 Å². The molecule has 0 amide bonds. The lowest BCUT2D eigenvalue weighted by Crippen LogP contribution is -2.35. The topological polar surface area (TPSA) is 0 Å². The van der Waals surface area contributed by atoms with Crippen LogP contribution < -0.4 is 0 Å². The van der Waals surface area contributed by atoms with Gasteiger partial charge >= 0.3 is 30.9 Å². The highest BCUT2D eigenvalue weighted by molar-refractivity contribution is 4.75. The predicted octanol–water partition coefficient (Wildman–Crippen LogP) is 9.33. The van der Waals surface area contributed by atoms with Crippen molar-refractivity contribution in [2.75, 3.05) is 6.67 Å². The molecule has 0 nitrogen and oxygen atoms in total. The van der Waals surface area contributed by atoms with Gasteiger partial charge in [-0.25, -0.2) is 61.5 Å². The Morgan fingerprint density at radius 2 is 1.00 bits per heavy atom. The van der Waals surface area contributed by atoms with Crippen LogP contribution in [0.3, 0.4) is 0 Å². The molecule has 0 aromatic rings. The van der Waals surface area contributed by atoms with Crippen molar-refractivity contribution in [1.29, 1.82) is 0 Å². The number of rotatable bonds is 9. The lowest BCUT2D eigenvalue weighted by molar-refractivity contribution is -0.165. The summed E-state index contributed by atoms with van der Waals surface area (Å²) in [6, 6.07) is 0. The lowest BCUT2D eigenvalue weighted by atomic mass is 10.2. The molecule has 0 aliphatic heterocycles. The van der Waals surface area contributed by atoms with Gasteiger partial charge in [0.15, 0.2) is 6.17 Å². The average Bonchev–Trinajstić information content (AvgIpc) is 2.65. The van der Waals surface area contributed by atoms with Gasteiger partial charge in [-0.2, -0.15) is 22.0 Å². The van der Waals surface area contributed by atoms with Crippen molar-refractivity contribution >= 4 is 0 Å². The van der Waals surface area contributed by atoms with Gasteiger partial charge in [0.25, 0.3) is 12.3 Å². The van der Waals surface area contributed by atoms with E-state index < -0.39 is 87.9 Å². The minimum absolute atomic E-state index is 0.115. The summed E-state index contributed by atoms with van der Waals surface area (Å²) in [6.45, 7) is -0.909. The number of alkyl halides is 20. The van der Waals surface area contributed by atoms with Crippen LogP contribution in [-0.2, 0) is 0 Å². The Morgan fingerprint density at radius 1 is 0.611 bits per heavy atom. The van der Waals surface area contributed by atoms with Crippen LogP contribution >= 0.6 is 0 Å². The van der Waals surface area contributed by atoms with Crippen LogP contribution in [0.5, 0.6) is 0 Å². The number of hydrogen-bond acceptors (Lipinski definition) is 0. The van der Waals surface area contributed by atoms with Crippen molar-refractivity contribution in [3.8, 4) is 0 Å². The standard InChI is InChI=1S/4C4H5F5/c1-4(8,9)2(5)3(6)7;1-2(5)4(8,9)3(6)7;5-2-1-4(8,9)3(6)7;5-3(6)1-2-4(7,8)9/h2*2-3H,1H3;2*3H,1-2H2. The van der Waals surface area contributed by atoms with E-state index in [-0.39, 0.29) is 6.92 Å². The molecule has 224 valence electrons. The van der Waals surface area contributed by atoms with E-state index in [1.165, 1.54) is 0 Å². The van der Waals surface area contributed by atoms with Crippen molar-refractivity contribution in [1.82, 2.24) is 0 Å². The highest BCUT2D eigenvalue weighted by Crippen LogP contribution is 2.28. The van der Waals surface area contributed by atoms with Crippen LogP contribution in [0.2, 0.25) is 0 Å². The molecule has 0 N–H and O–H groups in total. The summed E-state index contributed by atoms with van der Waals surface area (Å²) in [7, 11) is 0. The Hall–Kier alpha value is -1.40. The van der Waals surface area contributed by atoms with Crippen molar-refractivity contribution < 1.29 is 87.8 Å². The summed E-state index contributed by atoms with van der Waals surface area (Å²) in [5, 5.41) is 0. The van der Waals surface area contributed by atoms with Gasteiger partial charge in [0, 0.05) is 26.2 Å². The van der Waals surface area contributed by atoms with E-state index >= 15 is 0 Å². The zero-order valence-electron chi connectivity index (χ0n) is 17.9. The van der Waals surface area contributed by atoms with E-state index in [1.807, 2.05) is 0 Å². The van der Waals surface area contributed by atoms with Gasteiger partial charge < -0.3 is 0 Å². The summed E-state index contributed by atoms with van der Waals surface area (Å²) in [4.78, 5) is 0. The van der Waals surface area contributed by atoms with Crippen LogP contribution in [0.25, 0.3) is 0 Å². The molecule has 0 aliphatic rings. The molecule has 0 aromatic heterocycles. The molecular weight excluding hydrogens is 572 g/mol. The minimum atomic E-state index is -4.50. The first-order chi connectivity index (χ1) is 15.7. The van der Waals surface area contributed by atoms with Crippen LogP contribution in [-0.4, -0.2) is 68.7 Å². The quantitative estimate of drug-likeness (QED) is 0.234. The molecule has 36 heavy (non-hydrogen) atoms. The normalized spacial score (nSPS) is 14.5. The molecular formula is C16H20F20. The molecule has 0 spiro atoms. The first-order valence-corrected chi connectivity index (χ1v) is 8.83. The Kier molecular flexibility index (Phi) is 20.8. The zero-order chi connectivity index (χ0) is 30.3. The van der Waals surface area contributed by atoms with Gasteiger partial charge in [0.05, 0.1) is 6.67 Å². The fraction of sp³-hybridized carbons (Fsp3) is 1.00. The molecule has 0 aromatic carbocycles. The highest BCUT2D eigenvalue weighted by atomic mass is 19.4.